The van der Waals surface area contributed by atoms with Crippen molar-refractivity contribution in [3.05, 3.63) is 35.0 Å². The van der Waals surface area contributed by atoms with Crippen LogP contribution in [0.15, 0.2) is 28.7 Å². The van der Waals surface area contributed by atoms with Crippen LogP contribution in [0.25, 0.3) is 11.0 Å². The lowest BCUT2D eigenvalue weighted by molar-refractivity contribution is -0.0567. The Morgan fingerprint density at radius 1 is 1.42 bits per heavy atom. The highest BCUT2D eigenvalue weighted by molar-refractivity contribution is 6.31. The molecule has 3 N–H and O–H groups in total. The second-order valence-corrected chi connectivity index (χ2v) is 5.09. The summed E-state index contributed by atoms with van der Waals surface area (Å²) in [6.45, 7) is 0.679. The topological polar surface area (TPSA) is 68.6 Å². The number of aliphatic hydroxyl groups is 1. The second kappa shape index (κ2) is 5.92. The van der Waals surface area contributed by atoms with E-state index in [1.165, 1.54) is 0 Å². The van der Waals surface area contributed by atoms with E-state index in [1.54, 1.807) is 31.4 Å². The summed E-state index contributed by atoms with van der Waals surface area (Å²) in [6.07, 6.45) is 1.18. The van der Waals surface area contributed by atoms with E-state index in [9.17, 15) is 5.11 Å². The molecule has 0 saturated heterocycles. The predicted molar refractivity (Wildman–Crippen MR) is 75.3 cm³/mol. The fourth-order valence-electron chi connectivity index (χ4n) is 2.14. The Bertz CT molecular complexity index is 555. The fraction of sp³-hybridized carbons (Fsp3) is 0.429. The van der Waals surface area contributed by atoms with Gasteiger partial charge in [-0.3, -0.25) is 0 Å². The molecule has 104 valence electrons. The molecule has 0 aliphatic rings. The highest BCUT2D eigenvalue weighted by Crippen LogP contribution is 2.32. The van der Waals surface area contributed by atoms with Crippen molar-refractivity contribution >= 4 is 22.6 Å². The van der Waals surface area contributed by atoms with Crippen LogP contribution < -0.4 is 5.73 Å². The summed E-state index contributed by atoms with van der Waals surface area (Å²) in [5.41, 5.74) is 5.05. The molecular weight excluding hydrogens is 266 g/mol. The van der Waals surface area contributed by atoms with E-state index in [-0.39, 0.29) is 6.61 Å². The van der Waals surface area contributed by atoms with Gasteiger partial charge in [0.05, 0.1) is 6.61 Å². The van der Waals surface area contributed by atoms with Gasteiger partial charge in [-0.05, 0) is 43.7 Å². The van der Waals surface area contributed by atoms with Crippen LogP contribution in [-0.4, -0.2) is 25.4 Å². The highest BCUT2D eigenvalue weighted by Gasteiger charge is 2.32. The van der Waals surface area contributed by atoms with Crippen molar-refractivity contribution in [2.45, 2.75) is 18.4 Å². The quantitative estimate of drug-likeness (QED) is 0.855. The Morgan fingerprint density at radius 3 is 2.89 bits per heavy atom. The molecule has 0 amide bonds. The van der Waals surface area contributed by atoms with Crippen LogP contribution in [0, 0.1) is 0 Å². The van der Waals surface area contributed by atoms with Crippen molar-refractivity contribution in [1.82, 2.24) is 0 Å². The zero-order chi connectivity index (χ0) is 13.9. The van der Waals surface area contributed by atoms with Crippen molar-refractivity contribution in [2.75, 3.05) is 20.3 Å². The Hall–Kier alpha value is -1.07. The van der Waals surface area contributed by atoms with E-state index < -0.39 is 5.60 Å². The van der Waals surface area contributed by atoms with E-state index in [4.69, 9.17) is 26.5 Å². The van der Waals surface area contributed by atoms with Crippen molar-refractivity contribution in [1.29, 1.82) is 0 Å². The van der Waals surface area contributed by atoms with Crippen LogP contribution in [0.4, 0.5) is 0 Å². The number of nitrogens with two attached hydrogens (primary N) is 1. The minimum atomic E-state index is -1.15. The van der Waals surface area contributed by atoms with Gasteiger partial charge in [0, 0.05) is 17.5 Å². The first-order chi connectivity index (χ1) is 9.09. The molecule has 0 bridgehead atoms. The summed E-state index contributed by atoms with van der Waals surface area (Å²) < 4.78 is 10.8. The van der Waals surface area contributed by atoms with Crippen molar-refractivity contribution in [2.24, 2.45) is 5.73 Å². The first kappa shape index (κ1) is 14.3. The number of furan rings is 1. The molecule has 1 heterocycles. The first-order valence-corrected chi connectivity index (χ1v) is 6.58. The average molecular weight is 284 g/mol. The zero-order valence-electron chi connectivity index (χ0n) is 10.9. The first-order valence-electron chi connectivity index (χ1n) is 6.20. The SMILES string of the molecule is COCC(O)(CCCN)c1cc2cc(Cl)ccc2o1. The fourth-order valence-corrected chi connectivity index (χ4v) is 2.32. The van der Waals surface area contributed by atoms with Gasteiger partial charge < -0.3 is 20.0 Å². The largest absolute Gasteiger partial charge is 0.458 e. The normalized spacial score (nSPS) is 14.7. The number of fused-ring (bicyclic) bond motifs is 1. The summed E-state index contributed by atoms with van der Waals surface area (Å²) in [7, 11) is 1.55. The number of hydrogen-bond acceptors (Lipinski definition) is 4. The standard InChI is InChI=1S/C14H18ClNO3/c1-18-9-14(17,5-2-6-16)13-8-10-7-11(15)3-4-12(10)19-13/h3-4,7-8,17H,2,5-6,9,16H2,1H3. The van der Waals surface area contributed by atoms with Gasteiger partial charge in [-0.25, -0.2) is 0 Å². The lowest BCUT2D eigenvalue weighted by atomic mass is 9.95. The molecule has 2 aromatic rings. The molecule has 19 heavy (non-hydrogen) atoms. The van der Waals surface area contributed by atoms with E-state index in [2.05, 4.69) is 0 Å². The van der Waals surface area contributed by atoms with Gasteiger partial charge in [-0.15, -0.1) is 0 Å². The smallest absolute Gasteiger partial charge is 0.145 e. The molecule has 5 heteroatoms. The minimum absolute atomic E-state index is 0.167. The third-order valence-corrected chi connectivity index (χ3v) is 3.35. The van der Waals surface area contributed by atoms with Gasteiger partial charge in [0.1, 0.15) is 16.9 Å². The van der Waals surface area contributed by atoms with Crippen LogP contribution in [0.3, 0.4) is 0 Å². The average Bonchev–Trinajstić information content (AvgIpc) is 2.80. The van der Waals surface area contributed by atoms with Crippen LogP contribution in [0.1, 0.15) is 18.6 Å². The van der Waals surface area contributed by atoms with E-state index >= 15 is 0 Å². The maximum absolute atomic E-state index is 10.7. The molecule has 0 aliphatic carbocycles. The third kappa shape index (κ3) is 3.09. The van der Waals surface area contributed by atoms with Gasteiger partial charge in [0.15, 0.2) is 0 Å². The molecule has 0 saturated carbocycles. The van der Waals surface area contributed by atoms with E-state index in [0.29, 0.717) is 35.8 Å². The van der Waals surface area contributed by atoms with Gasteiger partial charge in [0.25, 0.3) is 0 Å². The van der Waals surface area contributed by atoms with E-state index in [1.807, 2.05) is 0 Å². The summed E-state index contributed by atoms with van der Waals surface area (Å²) in [5, 5.41) is 12.2. The van der Waals surface area contributed by atoms with Gasteiger partial charge in [0.2, 0.25) is 0 Å². The van der Waals surface area contributed by atoms with Gasteiger partial charge >= 0.3 is 0 Å². The van der Waals surface area contributed by atoms with Crippen LogP contribution in [-0.2, 0) is 10.3 Å². The monoisotopic (exact) mass is 283 g/mol. The summed E-state index contributed by atoms with van der Waals surface area (Å²) >= 11 is 5.94. The molecule has 0 aliphatic heterocycles. The Balaban J connectivity index is 2.38. The van der Waals surface area contributed by atoms with Crippen molar-refractivity contribution in [3.8, 4) is 0 Å². The number of hydrogen-bond donors (Lipinski definition) is 2. The third-order valence-electron chi connectivity index (χ3n) is 3.11. The lowest BCUT2D eigenvalue weighted by Gasteiger charge is -2.24. The molecule has 1 unspecified atom stereocenters. The van der Waals surface area contributed by atoms with Crippen molar-refractivity contribution in [3.63, 3.8) is 0 Å². The highest BCUT2D eigenvalue weighted by atomic mass is 35.5. The number of halogens is 1. The van der Waals surface area contributed by atoms with Gasteiger partial charge in [-0.1, -0.05) is 11.6 Å². The molecule has 1 aromatic heterocycles. The zero-order valence-corrected chi connectivity index (χ0v) is 11.6. The van der Waals surface area contributed by atoms with Gasteiger partial charge in [-0.2, -0.15) is 0 Å². The molecule has 4 nitrogen and oxygen atoms in total. The Labute approximate surface area is 117 Å². The van der Waals surface area contributed by atoms with Crippen LogP contribution in [0.2, 0.25) is 5.02 Å². The summed E-state index contributed by atoms with van der Waals surface area (Å²) in [4.78, 5) is 0. The molecular formula is C14H18ClNO3. The van der Waals surface area contributed by atoms with Crippen LogP contribution in [0.5, 0.6) is 0 Å². The van der Waals surface area contributed by atoms with E-state index in [0.717, 1.165) is 5.39 Å². The molecule has 1 atom stereocenters. The Kier molecular flexibility index (Phi) is 4.47. The number of ether oxygens (including phenoxy) is 1. The Morgan fingerprint density at radius 2 is 2.21 bits per heavy atom. The molecule has 1 aromatic carbocycles. The number of rotatable bonds is 6. The maximum Gasteiger partial charge on any atom is 0.145 e. The molecule has 0 spiro atoms. The summed E-state index contributed by atoms with van der Waals surface area (Å²) in [5.74, 6) is 0.486. The lowest BCUT2D eigenvalue weighted by Crippen LogP contribution is -2.31. The summed E-state index contributed by atoms with van der Waals surface area (Å²) in [6, 6.07) is 7.15. The minimum Gasteiger partial charge on any atom is -0.458 e. The predicted octanol–water partition coefficient (Wildman–Crippen LogP) is 2.66. The number of benzene rings is 1. The molecule has 2 rings (SSSR count). The van der Waals surface area contributed by atoms with Crippen LogP contribution >= 0.6 is 11.6 Å². The molecule has 0 fully saturated rings. The maximum atomic E-state index is 10.7. The van der Waals surface area contributed by atoms with Crippen molar-refractivity contribution < 1.29 is 14.3 Å². The molecule has 0 radical (unpaired) electrons. The number of methoxy groups -OCH3 is 1. The second-order valence-electron chi connectivity index (χ2n) is 4.65.